The maximum absolute atomic E-state index is 14.9. The van der Waals surface area contributed by atoms with Gasteiger partial charge < -0.3 is 14.8 Å². The van der Waals surface area contributed by atoms with E-state index in [9.17, 15) is 14.0 Å². The lowest BCUT2D eigenvalue weighted by atomic mass is 9.96. The highest BCUT2D eigenvalue weighted by Gasteiger charge is 2.41. The van der Waals surface area contributed by atoms with Gasteiger partial charge in [-0.05, 0) is 26.3 Å². The van der Waals surface area contributed by atoms with Crippen molar-refractivity contribution >= 4 is 12.1 Å². The van der Waals surface area contributed by atoms with Gasteiger partial charge in [0.2, 0.25) is 5.67 Å². The highest BCUT2D eigenvalue weighted by atomic mass is 19.1. The van der Waals surface area contributed by atoms with E-state index in [1.165, 1.54) is 0 Å². The van der Waals surface area contributed by atoms with E-state index in [-0.39, 0.29) is 6.42 Å². The first-order valence-electron chi connectivity index (χ1n) is 6.94. The number of nitrogens with one attached hydrogen (secondary N) is 1. The summed E-state index contributed by atoms with van der Waals surface area (Å²) < 4.78 is 24.5. The van der Waals surface area contributed by atoms with Gasteiger partial charge >= 0.3 is 12.1 Å². The Morgan fingerprint density at radius 1 is 1.18 bits per heavy atom. The maximum Gasteiger partial charge on any atom is 0.407 e. The van der Waals surface area contributed by atoms with E-state index in [2.05, 4.69) is 10.1 Å². The average molecular weight is 311 g/mol. The molecule has 1 rings (SSSR count). The summed E-state index contributed by atoms with van der Waals surface area (Å²) in [7, 11) is 1.11. The Kier molecular flexibility index (Phi) is 5.91. The molecule has 122 valence electrons. The minimum absolute atomic E-state index is 0.198. The smallest absolute Gasteiger partial charge is 0.407 e. The van der Waals surface area contributed by atoms with Crippen molar-refractivity contribution in [3.63, 3.8) is 0 Å². The summed E-state index contributed by atoms with van der Waals surface area (Å²) in [5, 5.41) is 2.28. The van der Waals surface area contributed by atoms with Crippen molar-refractivity contribution in [3.8, 4) is 0 Å². The molecule has 1 aromatic rings. The summed E-state index contributed by atoms with van der Waals surface area (Å²) >= 11 is 0. The number of benzene rings is 1. The van der Waals surface area contributed by atoms with Gasteiger partial charge in [-0.2, -0.15) is 0 Å². The summed E-state index contributed by atoms with van der Waals surface area (Å²) in [4.78, 5) is 23.4. The molecule has 6 heteroatoms. The van der Waals surface area contributed by atoms with Gasteiger partial charge in [0.25, 0.3) is 0 Å². The van der Waals surface area contributed by atoms with Crippen LogP contribution in [0.25, 0.3) is 0 Å². The minimum atomic E-state index is -2.35. The second-order valence-electron chi connectivity index (χ2n) is 5.97. The van der Waals surface area contributed by atoms with Gasteiger partial charge in [-0.25, -0.2) is 14.0 Å². The van der Waals surface area contributed by atoms with Crippen molar-refractivity contribution < 1.29 is 23.5 Å². The Bertz CT molecular complexity index is 513. The molecule has 0 saturated heterocycles. The van der Waals surface area contributed by atoms with Crippen molar-refractivity contribution in [1.82, 2.24) is 5.32 Å². The zero-order valence-corrected chi connectivity index (χ0v) is 13.3. The number of esters is 1. The fourth-order valence-corrected chi connectivity index (χ4v) is 1.84. The Balaban J connectivity index is 2.76. The van der Waals surface area contributed by atoms with E-state index in [1.54, 1.807) is 51.1 Å². The van der Waals surface area contributed by atoms with E-state index in [4.69, 9.17) is 4.74 Å². The third-order valence-electron chi connectivity index (χ3n) is 2.79. The van der Waals surface area contributed by atoms with Crippen LogP contribution >= 0.6 is 0 Å². The number of carbonyl (C=O) groups excluding carboxylic acids is 2. The minimum Gasteiger partial charge on any atom is -0.467 e. The van der Waals surface area contributed by atoms with Crippen LogP contribution < -0.4 is 5.32 Å². The molecular weight excluding hydrogens is 289 g/mol. The summed E-state index contributed by atoms with van der Waals surface area (Å²) in [6.45, 7) is 4.56. The van der Waals surface area contributed by atoms with Gasteiger partial charge in [0, 0.05) is 6.42 Å². The normalized spacial score (nSPS) is 13.9. The van der Waals surface area contributed by atoms with Crippen LogP contribution in [0, 0.1) is 0 Å². The molecule has 0 bridgehead atoms. The number of rotatable bonds is 5. The number of methoxy groups -OCH3 is 1. The Morgan fingerprint density at radius 3 is 2.27 bits per heavy atom. The highest BCUT2D eigenvalue weighted by Crippen LogP contribution is 2.20. The lowest BCUT2D eigenvalue weighted by Crippen LogP contribution is -2.48. The molecule has 1 aromatic carbocycles. The van der Waals surface area contributed by atoms with Crippen LogP contribution in [0.5, 0.6) is 0 Å². The van der Waals surface area contributed by atoms with Gasteiger partial charge in [-0.15, -0.1) is 0 Å². The molecule has 0 aliphatic rings. The molecule has 0 saturated carbocycles. The van der Waals surface area contributed by atoms with E-state index in [0.717, 1.165) is 7.11 Å². The van der Waals surface area contributed by atoms with Crippen LogP contribution in [0.1, 0.15) is 26.3 Å². The molecular formula is C16H22FNO4. The fourth-order valence-electron chi connectivity index (χ4n) is 1.84. The summed E-state index contributed by atoms with van der Waals surface area (Å²) in [5.41, 5.74) is -2.43. The first-order valence-corrected chi connectivity index (χ1v) is 6.94. The molecule has 0 fully saturated rings. The zero-order valence-electron chi connectivity index (χ0n) is 13.3. The SMILES string of the molecule is COC(=O)[C@](F)(CNC(=O)OC(C)(C)C)Cc1ccccc1. The van der Waals surface area contributed by atoms with E-state index >= 15 is 0 Å². The maximum atomic E-state index is 14.9. The Hall–Kier alpha value is -2.11. The van der Waals surface area contributed by atoms with Crippen molar-refractivity contribution in [2.45, 2.75) is 38.5 Å². The van der Waals surface area contributed by atoms with Crippen molar-refractivity contribution in [1.29, 1.82) is 0 Å². The van der Waals surface area contributed by atoms with Gasteiger partial charge in [0.15, 0.2) is 0 Å². The first kappa shape index (κ1) is 17.9. The summed E-state index contributed by atoms with van der Waals surface area (Å²) in [5.74, 6) is -1.03. The standard InChI is InChI=1S/C16H22FNO4/c1-15(2,3)22-14(20)18-11-16(17,13(19)21-4)10-12-8-6-5-7-9-12/h5-9H,10-11H2,1-4H3,(H,18,20)/t16-/m1/s1. The van der Waals surface area contributed by atoms with Gasteiger partial charge in [0.1, 0.15) is 5.60 Å². The largest absolute Gasteiger partial charge is 0.467 e. The lowest BCUT2D eigenvalue weighted by Gasteiger charge is -2.25. The van der Waals surface area contributed by atoms with Crippen LogP contribution in [0.4, 0.5) is 9.18 Å². The number of alkyl carbamates (subject to hydrolysis) is 1. The molecule has 0 aliphatic carbocycles. The van der Waals surface area contributed by atoms with Crippen molar-refractivity contribution in [3.05, 3.63) is 35.9 Å². The molecule has 22 heavy (non-hydrogen) atoms. The number of amides is 1. The predicted octanol–water partition coefficient (Wildman–Crippen LogP) is 2.64. The molecule has 0 unspecified atom stereocenters. The molecule has 1 N–H and O–H groups in total. The van der Waals surface area contributed by atoms with Crippen molar-refractivity contribution in [2.24, 2.45) is 0 Å². The Labute approximate surface area is 129 Å². The van der Waals surface area contributed by atoms with Crippen LogP contribution in [0.2, 0.25) is 0 Å². The molecule has 0 spiro atoms. The van der Waals surface area contributed by atoms with Crippen LogP contribution in [-0.4, -0.2) is 37.0 Å². The number of alkyl halides is 1. The second-order valence-corrected chi connectivity index (χ2v) is 5.97. The number of hydrogen-bond donors (Lipinski definition) is 1. The molecule has 0 heterocycles. The molecule has 1 atom stereocenters. The topological polar surface area (TPSA) is 64.6 Å². The third kappa shape index (κ3) is 5.71. The monoisotopic (exact) mass is 311 g/mol. The first-order chi connectivity index (χ1) is 10.2. The van der Waals surface area contributed by atoms with Gasteiger partial charge in [-0.1, -0.05) is 30.3 Å². The van der Waals surface area contributed by atoms with E-state index < -0.39 is 29.9 Å². The van der Waals surface area contributed by atoms with Crippen LogP contribution in [-0.2, 0) is 20.7 Å². The fraction of sp³-hybridized carbons (Fsp3) is 0.500. The molecule has 5 nitrogen and oxygen atoms in total. The summed E-state index contributed by atoms with van der Waals surface area (Å²) in [6.07, 6.45) is -0.984. The molecule has 0 aliphatic heterocycles. The number of hydrogen-bond acceptors (Lipinski definition) is 4. The molecule has 1 amide bonds. The Morgan fingerprint density at radius 2 is 1.77 bits per heavy atom. The second kappa shape index (κ2) is 7.24. The van der Waals surface area contributed by atoms with Crippen molar-refractivity contribution in [2.75, 3.05) is 13.7 Å². The predicted molar refractivity (Wildman–Crippen MR) is 80.2 cm³/mol. The lowest BCUT2D eigenvalue weighted by molar-refractivity contribution is -0.154. The zero-order chi connectivity index (χ0) is 16.8. The van der Waals surface area contributed by atoms with E-state index in [1.807, 2.05) is 0 Å². The third-order valence-corrected chi connectivity index (χ3v) is 2.79. The number of carbonyl (C=O) groups is 2. The number of ether oxygens (including phenoxy) is 2. The number of halogens is 1. The molecule has 0 radical (unpaired) electrons. The quantitative estimate of drug-likeness (QED) is 0.849. The highest BCUT2D eigenvalue weighted by molar-refractivity contribution is 5.81. The van der Waals surface area contributed by atoms with E-state index in [0.29, 0.717) is 5.56 Å². The van der Waals surface area contributed by atoms with Gasteiger partial charge in [0.05, 0.1) is 13.7 Å². The summed E-state index contributed by atoms with van der Waals surface area (Å²) in [6, 6.07) is 8.68. The van der Waals surface area contributed by atoms with Crippen LogP contribution in [0.15, 0.2) is 30.3 Å². The molecule has 0 aromatic heterocycles. The van der Waals surface area contributed by atoms with Crippen LogP contribution in [0.3, 0.4) is 0 Å². The van der Waals surface area contributed by atoms with Gasteiger partial charge in [-0.3, -0.25) is 0 Å². The average Bonchev–Trinajstić information content (AvgIpc) is 2.43.